The Balaban J connectivity index is 1.77. The fourth-order valence-electron chi connectivity index (χ4n) is 3.01. The van der Waals surface area contributed by atoms with Crippen molar-refractivity contribution < 1.29 is 22.7 Å². The van der Waals surface area contributed by atoms with Gasteiger partial charge in [-0.2, -0.15) is 0 Å². The molecule has 0 spiro atoms. The molecule has 0 atom stereocenters. The molecule has 7 nitrogen and oxygen atoms in total. The Labute approximate surface area is 182 Å². The van der Waals surface area contributed by atoms with E-state index in [0.717, 1.165) is 9.87 Å². The van der Waals surface area contributed by atoms with Crippen LogP contribution in [0.1, 0.15) is 15.9 Å². The van der Waals surface area contributed by atoms with E-state index in [2.05, 4.69) is 5.32 Å². The van der Waals surface area contributed by atoms with Crippen molar-refractivity contribution >= 4 is 21.6 Å². The van der Waals surface area contributed by atoms with Gasteiger partial charge in [0.15, 0.2) is 0 Å². The van der Waals surface area contributed by atoms with Crippen molar-refractivity contribution in [3.05, 3.63) is 83.9 Å². The van der Waals surface area contributed by atoms with Gasteiger partial charge in [0, 0.05) is 24.7 Å². The molecule has 0 aliphatic carbocycles. The summed E-state index contributed by atoms with van der Waals surface area (Å²) in [5, 5.41) is 2.84. The summed E-state index contributed by atoms with van der Waals surface area (Å²) >= 11 is 0. The van der Waals surface area contributed by atoms with Crippen LogP contribution < -0.4 is 19.1 Å². The Kier molecular flexibility index (Phi) is 6.81. The lowest BCUT2D eigenvalue weighted by Gasteiger charge is -2.20. The summed E-state index contributed by atoms with van der Waals surface area (Å²) in [5.74, 6) is 0.931. The van der Waals surface area contributed by atoms with Gasteiger partial charge in [-0.3, -0.25) is 9.10 Å². The van der Waals surface area contributed by atoms with Crippen LogP contribution in [0.15, 0.2) is 77.7 Å². The summed E-state index contributed by atoms with van der Waals surface area (Å²) in [5.41, 5.74) is 1.57. The average molecular weight is 441 g/mol. The standard InChI is InChI=1S/C23H24N2O5S/c1-25(31(27,28)21-13-11-20(29-2)12-14-21)19-9-6-8-17(15-19)23(26)24-16-18-7-4-5-10-22(18)30-3/h4-15H,16H2,1-3H3,(H,24,26). The first kappa shape index (κ1) is 22.2. The predicted molar refractivity (Wildman–Crippen MR) is 119 cm³/mol. The Morgan fingerprint density at radius 3 is 2.32 bits per heavy atom. The summed E-state index contributed by atoms with van der Waals surface area (Å²) < 4.78 is 37.4. The first-order valence-electron chi connectivity index (χ1n) is 9.50. The molecule has 0 saturated carbocycles. The molecule has 162 valence electrons. The van der Waals surface area contributed by atoms with E-state index in [0.29, 0.717) is 22.7 Å². The van der Waals surface area contributed by atoms with E-state index >= 15 is 0 Å². The monoisotopic (exact) mass is 440 g/mol. The van der Waals surface area contributed by atoms with Crippen LogP contribution in [0.25, 0.3) is 0 Å². The van der Waals surface area contributed by atoms with E-state index in [1.54, 1.807) is 43.5 Å². The van der Waals surface area contributed by atoms with Crippen molar-refractivity contribution in [2.45, 2.75) is 11.4 Å². The van der Waals surface area contributed by atoms with Gasteiger partial charge in [-0.05, 0) is 48.5 Å². The van der Waals surface area contributed by atoms with E-state index in [1.165, 1.54) is 26.3 Å². The number of nitrogens with zero attached hydrogens (tertiary/aromatic N) is 1. The molecule has 0 aliphatic heterocycles. The van der Waals surface area contributed by atoms with E-state index in [4.69, 9.17) is 9.47 Å². The lowest BCUT2D eigenvalue weighted by Crippen LogP contribution is -2.27. The highest BCUT2D eigenvalue weighted by atomic mass is 32.2. The van der Waals surface area contributed by atoms with Gasteiger partial charge in [0.25, 0.3) is 15.9 Å². The molecule has 0 saturated heterocycles. The zero-order chi connectivity index (χ0) is 22.4. The normalized spacial score (nSPS) is 10.9. The quantitative estimate of drug-likeness (QED) is 0.580. The van der Waals surface area contributed by atoms with Crippen LogP contribution >= 0.6 is 0 Å². The first-order chi connectivity index (χ1) is 14.9. The maximum absolute atomic E-state index is 13.0. The van der Waals surface area contributed by atoms with Crippen LogP contribution in [0.2, 0.25) is 0 Å². The molecule has 1 amide bonds. The van der Waals surface area contributed by atoms with Crippen molar-refractivity contribution in [2.75, 3.05) is 25.6 Å². The van der Waals surface area contributed by atoms with Gasteiger partial charge in [0.1, 0.15) is 11.5 Å². The van der Waals surface area contributed by atoms with Crippen molar-refractivity contribution in [1.82, 2.24) is 5.32 Å². The molecule has 3 aromatic carbocycles. The number of methoxy groups -OCH3 is 2. The molecule has 8 heteroatoms. The van der Waals surface area contributed by atoms with Crippen LogP contribution in [0.4, 0.5) is 5.69 Å². The molecule has 3 rings (SSSR count). The Morgan fingerprint density at radius 2 is 1.65 bits per heavy atom. The number of para-hydroxylation sites is 1. The van der Waals surface area contributed by atoms with Crippen molar-refractivity contribution in [3.8, 4) is 11.5 Å². The minimum Gasteiger partial charge on any atom is -0.497 e. The number of ether oxygens (including phenoxy) is 2. The summed E-state index contributed by atoms with van der Waals surface area (Å²) in [7, 11) is 0.742. The number of carbonyl (C=O) groups is 1. The van der Waals surface area contributed by atoms with Gasteiger partial charge in [-0.15, -0.1) is 0 Å². The number of carbonyl (C=O) groups excluding carboxylic acids is 1. The molecule has 0 radical (unpaired) electrons. The smallest absolute Gasteiger partial charge is 0.264 e. The van der Waals surface area contributed by atoms with Crippen molar-refractivity contribution in [1.29, 1.82) is 0 Å². The fraction of sp³-hybridized carbons (Fsp3) is 0.174. The number of amides is 1. The molecule has 0 fully saturated rings. The van der Waals surface area contributed by atoms with Gasteiger partial charge in [-0.1, -0.05) is 24.3 Å². The minimum atomic E-state index is -3.79. The number of rotatable bonds is 8. The Bertz CT molecular complexity index is 1160. The molecule has 0 heterocycles. The third-order valence-corrected chi connectivity index (χ3v) is 6.62. The van der Waals surface area contributed by atoms with Crippen LogP contribution in [0.5, 0.6) is 11.5 Å². The van der Waals surface area contributed by atoms with E-state index < -0.39 is 10.0 Å². The van der Waals surface area contributed by atoms with Gasteiger partial charge < -0.3 is 14.8 Å². The predicted octanol–water partition coefficient (Wildman–Crippen LogP) is 3.46. The molecule has 0 aromatic heterocycles. The Morgan fingerprint density at radius 1 is 0.935 bits per heavy atom. The maximum atomic E-state index is 13.0. The second-order valence-corrected chi connectivity index (χ2v) is 8.66. The van der Waals surface area contributed by atoms with Gasteiger partial charge >= 0.3 is 0 Å². The second kappa shape index (κ2) is 9.53. The highest BCUT2D eigenvalue weighted by Gasteiger charge is 2.22. The topological polar surface area (TPSA) is 84.9 Å². The number of sulfonamides is 1. The lowest BCUT2D eigenvalue weighted by molar-refractivity contribution is 0.0950. The molecular weight excluding hydrogens is 416 g/mol. The third-order valence-electron chi connectivity index (χ3n) is 4.82. The zero-order valence-corrected chi connectivity index (χ0v) is 18.3. The molecular formula is C23H24N2O5S. The fourth-order valence-corrected chi connectivity index (χ4v) is 4.20. The van der Waals surface area contributed by atoms with Crippen LogP contribution in [-0.4, -0.2) is 35.6 Å². The number of hydrogen-bond donors (Lipinski definition) is 1. The lowest BCUT2D eigenvalue weighted by atomic mass is 10.1. The van der Waals surface area contributed by atoms with E-state index in [1.807, 2.05) is 24.3 Å². The van der Waals surface area contributed by atoms with Gasteiger partial charge in [0.2, 0.25) is 0 Å². The molecule has 3 aromatic rings. The first-order valence-corrected chi connectivity index (χ1v) is 10.9. The molecule has 0 bridgehead atoms. The molecule has 31 heavy (non-hydrogen) atoms. The molecule has 1 N–H and O–H groups in total. The number of anilines is 1. The number of benzene rings is 3. The summed E-state index contributed by atoms with van der Waals surface area (Å²) in [6, 6.07) is 20.0. The molecule has 0 unspecified atom stereocenters. The zero-order valence-electron chi connectivity index (χ0n) is 17.5. The van der Waals surface area contributed by atoms with Gasteiger partial charge in [0.05, 0.1) is 24.8 Å². The van der Waals surface area contributed by atoms with E-state index in [-0.39, 0.29) is 17.3 Å². The van der Waals surface area contributed by atoms with Crippen molar-refractivity contribution in [2.24, 2.45) is 0 Å². The SMILES string of the molecule is COc1ccc(S(=O)(=O)N(C)c2cccc(C(=O)NCc3ccccc3OC)c2)cc1. The summed E-state index contributed by atoms with van der Waals surface area (Å²) in [4.78, 5) is 12.8. The minimum absolute atomic E-state index is 0.127. The summed E-state index contributed by atoms with van der Waals surface area (Å²) in [6.45, 7) is 0.285. The molecule has 0 aliphatic rings. The van der Waals surface area contributed by atoms with Crippen LogP contribution in [-0.2, 0) is 16.6 Å². The average Bonchev–Trinajstić information content (AvgIpc) is 2.82. The highest BCUT2D eigenvalue weighted by molar-refractivity contribution is 7.92. The highest BCUT2D eigenvalue weighted by Crippen LogP contribution is 2.24. The van der Waals surface area contributed by atoms with Crippen molar-refractivity contribution in [3.63, 3.8) is 0 Å². The van der Waals surface area contributed by atoms with Crippen LogP contribution in [0.3, 0.4) is 0 Å². The number of hydrogen-bond acceptors (Lipinski definition) is 5. The second-order valence-electron chi connectivity index (χ2n) is 6.69. The van der Waals surface area contributed by atoms with Crippen LogP contribution in [0, 0.1) is 0 Å². The largest absolute Gasteiger partial charge is 0.497 e. The number of nitrogens with one attached hydrogen (secondary N) is 1. The summed E-state index contributed by atoms with van der Waals surface area (Å²) in [6.07, 6.45) is 0. The van der Waals surface area contributed by atoms with E-state index in [9.17, 15) is 13.2 Å². The van der Waals surface area contributed by atoms with Gasteiger partial charge in [-0.25, -0.2) is 8.42 Å². The third kappa shape index (κ3) is 4.97. The maximum Gasteiger partial charge on any atom is 0.264 e. The Hall–Kier alpha value is -3.52.